The highest BCUT2D eigenvalue weighted by atomic mass is 15.2. The van der Waals surface area contributed by atoms with Crippen molar-refractivity contribution < 1.29 is 0 Å². The molecule has 0 saturated carbocycles. The van der Waals surface area contributed by atoms with Gasteiger partial charge in [0.05, 0.1) is 6.04 Å². The molecular formula is C15H20N6. The molecule has 1 N–H and O–H groups in total. The average Bonchev–Trinajstić information content (AvgIpc) is 2.96. The molecule has 0 spiro atoms. The number of likely N-dealkylation sites (tertiary alicyclic amines) is 1. The number of hydrogen-bond acceptors (Lipinski definition) is 6. The first-order valence-electron chi connectivity index (χ1n) is 7.40. The van der Waals surface area contributed by atoms with Crippen LogP contribution in [-0.4, -0.2) is 37.9 Å². The lowest BCUT2D eigenvalue weighted by Crippen LogP contribution is -2.24. The van der Waals surface area contributed by atoms with Gasteiger partial charge in [0.1, 0.15) is 11.6 Å². The zero-order valence-electron chi connectivity index (χ0n) is 12.5. The molecule has 1 aliphatic heterocycles. The van der Waals surface area contributed by atoms with E-state index in [4.69, 9.17) is 0 Å². The van der Waals surface area contributed by atoms with Crippen molar-refractivity contribution in [3.05, 3.63) is 36.0 Å². The SMILES string of the molecule is CCN1CCC[C@H]1c1nc(C)cc(Nc2ncccn2)n1. The van der Waals surface area contributed by atoms with Crippen LogP contribution in [0.15, 0.2) is 24.5 Å². The lowest BCUT2D eigenvalue weighted by atomic mass is 10.2. The Hall–Kier alpha value is -2.08. The van der Waals surface area contributed by atoms with Crippen molar-refractivity contribution in [1.29, 1.82) is 0 Å². The highest BCUT2D eigenvalue weighted by Gasteiger charge is 2.27. The molecule has 0 amide bonds. The van der Waals surface area contributed by atoms with Gasteiger partial charge in [0.25, 0.3) is 0 Å². The first-order chi connectivity index (χ1) is 10.3. The van der Waals surface area contributed by atoms with Crippen LogP contribution in [0.3, 0.4) is 0 Å². The van der Waals surface area contributed by atoms with E-state index < -0.39 is 0 Å². The second kappa shape index (κ2) is 6.13. The van der Waals surface area contributed by atoms with Gasteiger partial charge in [-0.2, -0.15) is 0 Å². The van der Waals surface area contributed by atoms with E-state index in [1.807, 2.05) is 13.0 Å². The Bertz CT molecular complexity index is 600. The van der Waals surface area contributed by atoms with Gasteiger partial charge in [-0.1, -0.05) is 6.92 Å². The number of rotatable bonds is 4. The van der Waals surface area contributed by atoms with Crippen molar-refractivity contribution in [1.82, 2.24) is 24.8 Å². The monoisotopic (exact) mass is 284 g/mol. The normalized spacial score (nSPS) is 18.9. The zero-order chi connectivity index (χ0) is 14.7. The largest absolute Gasteiger partial charge is 0.309 e. The summed E-state index contributed by atoms with van der Waals surface area (Å²) in [6, 6.07) is 4.04. The van der Waals surface area contributed by atoms with Crippen molar-refractivity contribution in [3.63, 3.8) is 0 Å². The van der Waals surface area contributed by atoms with Crippen LogP contribution < -0.4 is 5.32 Å². The van der Waals surface area contributed by atoms with Gasteiger partial charge in [0.15, 0.2) is 0 Å². The van der Waals surface area contributed by atoms with E-state index in [1.54, 1.807) is 18.5 Å². The minimum atomic E-state index is 0.326. The summed E-state index contributed by atoms with van der Waals surface area (Å²) < 4.78 is 0. The van der Waals surface area contributed by atoms with Gasteiger partial charge < -0.3 is 5.32 Å². The van der Waals surface area contributed by atoms with Gasteiger partial charge in [-0.3, -0.25) is 4.90 Å². The molecule has 6 heteroatoms. The maximum absolute atomic E-state index is 4.67. The third-order valence-electron chi connectivity index (χ3n) is 3.75. The van der Waals surface area contributed by atoms with E-state index in [0.29, 0.717) is 12.0 Å². The quantitative estimate of drug-likeness (QED) is 0.930. The maximum Gasteiger partial charge on any atom is 0.228 e. The number of hydrogen-bond donors (Lipinski definition) is 1. The first-order valence-corrected chi connectivity index (χ1v) is 7.40. The number of nitrogens with one attached hydrogen (secondary N) is 1. The molecule has 0 aliphatic carbocycles. The van der Waals surface area contributed by atoms with Crippen molar-refractivity contribution in [3.8, 4) is 0 Å². The van der Waals surface area contributed by atoms with Crippen LogP contribution in [0.5, 0.6) is 0 Å². The third-order valence-corrected chi connectivity index (χ3v) is 3.75. The van der Waals surface area contributed by atoms with Gasteiger partial charge in [-0.25, -0.2) is 19.9 Å². The van der Waals surface area contributed by atoms with Crippen LogP contribution in [0.2, 0.25) is 0 Å². The van der Waals surface area contributed by atoms with E-state index in [0.717, 1.165) is 36.8 Å². The van der Waals surface area contributed by atoms with Crippen LogP contribution >= 0.6 is 0 Å². The van der Waals surface area contributed by atoms with Gasteiger partial charge in [0.2, 0.25) is 5.95 Å². The Labute approximate surface area is 124 Å². The maximum atomic E-state index is 4.67. The van der Waals surface area contributed by atoms with Crippen LogP contribution in [-0.2, 0) is 0 Å². The van der Waals surface area contributed by atoms with E-state index in [-0.39, 0.29) is 0 Å². The van der Waals surface area contributed by atoms with E-state index >= 15 is 0 Å². The average molecular weight is 284 g/mol. The predicted octanol–water partition coefficient (Wildman–Crippen LogP) is 2.48. The molecule has 2 aromatic rings. The van der Waals surface area contributed by atoms with E-state index in [9.17, 15) is 0 Å². The predicted molar refractivity (Wildman–Crippen MR) is 81.3 cm³/mol. The highest BCUT2D eigenvalue weighted by molar-refractivity contribution is 5.47. The van der Waals surface area contributed by atoms with Crippen LogP contribution in [0.25, 0.3) is 0 Å². The standard InChI is InChI=1S/C15H20N6/c1-3-21-9-4-6-12(21)14-18-11(2)10-13(19-14)20-15-16-7-5-8-17-15/h5,7-8,10,12H,3-4,6,9H2,1-2H3,(H,16,17,18,19,20)/t12-/m0/s1. The van der Waals surface area contributed by atoms with Crippen molar-refractivity contribution >= 4 is 11.8 Å². The van der Waals surface area contributed by atoms with E-state index in [2.05, 4.69) is 37.1 Å². The molecule has 2 aromatic heterocycles. The van der Waals surface area contributed by atoms with Crippen LogP contribution in [0.4, 0.5) is 11.8 Å². The Morgan fingerprint density at radius 1 is 1.29 bits per heavy atom. The molecule has 0 aromatic carbocycles. The first kappa shape index (κ1) is 13.9. The Kier molecular flexibility index (Phi) is 4.06. The Morgan fingerprint density at radius 2 is 2.10 bits per heavy atom. The van der Waals surface area contributed by atoms with Gasteiger partial charge in [-0.05, 0) is 38.9 Å². The number of anilines is 2. The van der Waals surface area contributed by atoms with Gasteiger partial charge in [0, 0.05) is 24.2 Å². The lowest BCUT2D eigenvalue weighted by molar-refractivity contribution is 0.262. The highest BCUT2D eigenvalue weighted by Crippen LogP contribution is 2.30. The molecule has 3 rings (SSSR count). The topological polar surface area (TPSA) is 66.8 Å². The van der Waals surface area contributed by atoms with Crippen molar-refractivity contribution in [2.75, 3.05) is 18.4 Å². The fourth-order valence-electron chi connectivity index (χ4n) is 2.78. The molecule has 0 unspecified atom stereocenters. The molecule has 3 heterocycles. The number of aromatic nitrogens is 4. The molecule has 21 heavy (non-hydrogen) atoms. The Balaban J connectivity index is 1.86. The van der Waals surface area contributed by atoms with E-state index in [1.165, 1.54) is 6.42 Å². The van der Waals surface area contributed by atoms with Crippen LogP contribution in [0.1, 0.15) is 37.3 Å². The summed E-state index contributed by atoms with van der Waals surface area (Å²) >= 11 is 0. The summed E-state index contributed by atoms with van der Waals surface area (Å²) in [5.41, 5.74) is 0.960. The molecule has 110 valence electrons. The summed E-state index contributed by atoms with van der Waals surface area (Å²) in [4.78, 5) is 20.1. The minimum absolute atomic E-state index is 0.326. The molecule has 1 atom stereocenters. The summed E-state index contributed by atoms with van der Waals surface area (Å²) in [5.74, 6) is 2.21. The zero-order valence-corrected chi connectivity index (χ0v) is 12.5. The molecule has 6 nitrogen and oxygen atoms in total. The second-order valence-corrected chi connectivity index (χ2v) is 5.24. The summed E-state index contributed by atoms with van der Waals surface area (Å²) in [7, 11) is 0. The summed E-state index contributed by atoms with van der Waals surface area (Å²) in [6.45, 7) is 6.34. The van der Waals surface area contributed by atoms with Gasteiger partial charge in [-0.15, -0.1) is 0 Å². The third kappa shape index (κ3) is 3.16. The number of nitrogens with zero attached hydrogens (tertiary/aromatic N) is 5. The van der Waals surface area contributed by atoms with Gasteiger partial charge >= 0.3 is 0 Å². The molecule has 1 aliphatic rings. The molecule has 1 fully saturated rings. The van der Waals surface area contributed by atoms with Crippen LogP contribution in [0, 0.1) is 6.92 Å². The van der Waals surface area contributed by atoms with Crippen molar-refractivity contribution in [2.24, 2.45) is 0 Å². The fraction of sp³-hybridized carbons (Fsp3) is 0.467. The summed E-state index contributed by atoms with van der Waals surface area (Å²) in [5, 5.41) is 3.15. The second-order valence-electron chi connectivity index (χ2n) is 5.24. The molecular weight excluding hydrogens is 264 g/mol. The number of aryl methyl sites for hydroxylation is 1. The van der Waals surface area contributed by atoms with Crippen molar-refractivity contribution in [2.45, 2.75) is 32.7 Å². The molecule has 0 bridgehead atoms. The Morgan fingerprint density at radius 3 is 2.86 bits per heavy atom. The minimum Gasteiger partial charge on any atom is -0.309 e. The molecule has 1 saturated heterocycles. The summed E-state index contributed by atoms with van der Waals surface area (Å²) in [6.07, 6.45) is 5.75. The molecule has 0 radical (unpaired) electrons. The smallest absolute Gasteiger partial charge is 0.228 e. The lowest BCUT2D eigenvalue weighted by Gasteiger charge is -2.22. The fourth-order valence-corrected chi connectivity index (χ4v) is 2.78.